The Kier molecular flexibility index (Phi) is 1.60. The number of nitrogens with zero attached hydrogens (tertiary/aromatic N) is 2. The molecule has 0 aromatic heterocycles. The van der Waals surface area contributed by atoms with Crippen LogP contribution in [0.3, 0.4) is 0 Å². The molecule has 0 saturated carbocycles. The number of rotatable bonds is 0. The van der Waals surface area contributed by atoms with Gasteiger partial charge in [-0.15, -0.1) is 0 Å². The second-order valence-corrected chi connectivity index (χ2v) is 3.94. The van der Waals surface area contributed by atoms with Crippen LogP contribution in [0.25, 0.3) is 22.3 Å². The Morgan fingerprint density at radius 2 is 2.00 bits per heavy atom. The predicted molar refractivity (Wildman–Crippen MR) is 62.1 cm³/mol. The molecule has 0 spiro atoms. The quantitative estimate of drug-likeness (QED) is 0.540. The summed E-state index contributed by atoms with van der Waals surface area (Å²) in [6.45, 7) is 2.11. The van der Waals surface area contributed by atoms with Gasteiger partial charge in [0.15, 0.2) is 0 Å². The van der Waals surface area contributed by atoms with Gasteiger partial charge in [0.25, 0.3) is 0 Å². The van der Waals surface area contributed by atoms with Crippen LogP contribution in [-0.4, -0.2) is 9.55 Å². The highest BCUT2D eigenvalue weighted by Crippen LogP contribution is 2.31. The third-order valence-corrected chi connectivity index (χ3v) is 2.89. The van der Waals surface area contributed by atoms with E-state index in [4.69, 9.17) is 0 Å². The molecular weight excluding hydrogens is 184 g/mol. The number of pyridine rings is 1. The van der Waals surface area contributed by atoms with E-state index in [9.17, 15) is 0 Å². The number of benzene rings is 1. The molecule has 0 unspecified atom stereocenters. The minimum atomic E-state index is 1.06. The highest BCUT2D eigenvalue weighted by Gasteiger charge is 2.13. The summed E-state index contributed by atoms with van der Waals surface area (Å²) in [5.41, 5.74) is 3.59. The summed E-state index contributed by atoms with van der Waals surface area (Å²) in [6, 6.07) is 10.5. The van der Waals surface area contributed by atoms with Gasteiger partial charge in [0, 0.05) is 24.2 Å². The van der Waals surface area contributed by atoms with Crippen LogP contribution in [0, 0.1) is 6.92 Å². The lowest BCUT2D eigenvalue weighted by Crippen LogP contribution is -1.94. The topological polar surface area (TPSA) is 17.8 Å². The van der Waals surface area contributed by atoms with Crippen molar-refractivity contribution in [2.75, 3.05) is 0 Å². The van der Waals surface area contributed by atoms with Crippen LogP contribution in [0.15, 0.2) is 36.5 Å². The third-order valence-electron chi connectivity index (χ3n) is 2.89. The molecule has 2 aliphatic heterocycles. The summed E-state index contributed by atoms with van der Waals surface area (Å²) in [4.78, 5) is 4.68. The van der Waals surface area contributed by atoms with E-state index in [1.54, 1.807) is 0 Å². The molecule has 0 bridgehead atoms. The Bertz CT molecular complexity index is 607. The normalized spacial score (nSPS) is 11.3. The Labute approximate surface area is 88.5 Å². The van der Waals surface area contributed by atoms with Crippen molar-refractivity contribution in [3.05, 3.63) is 42.1 Å². The molecule has 3 rings (SSSR count). The molecule has 74 valence electrons. The zero-order valence-corrected chi connectivity index (χ0v) is 8.86. The van der Waals surface area contributed by atoms with Gasteiger partial charge >= 0.3 is 0 Å². The van der Waals surface area contributed by atoms with E-state index in [-0.39, 0.29) is 0 Å². The molecule has 0 fully saturated rings. The SMILES string of the molecule is Cc1cccc2c3cccn(C)c-3nc12. The van der Waals surface area contributed by atoms with Crippen molar-refractivity contribution in [2.24, 2.45) is 7.05 Å². The first kappa shape index (κ1) is 8.48. The minimum Gasteiger partial charge on any atom is -0.336 e. The van der Waals surface area contributed by atoms with Crippen LogP contribution in [0.5, 0.6) is 0 Å². The first-order valence-electron chi connectivity index (χ1n) is 5.08. The molecule has 0 radical (unpaired) electrons. The van der Waals surface area contributed by atoms with Crippen LogP contribution in [0.4, 0.5) is 0 Å². The summed E-state index contributed by atoms with van der Waals surface area (Å²) in [6.07, 6.45) is 2.03. The van der Waals surface area contributed by atoms with E-state index in [1.807, 2.05) is 13.2 Å². The second-order valence-electron chi connectivity index (χ2n) is 3.94. The molecule has 0 saturated heterocycles. The predicted octanol–water partition coefficient (Wildman–Crippen LogP) is 2.99. The van der Waals surface area contributed by atoms with Gasteiger partial charge in [-0.25, -0.2) is 4.98 Å². The van der Waals surface area contributed by atoms with Crippen LogP contribution in [0.2, 0.25) is 0 Å². The number of hydrogen-bond acceptors (Lipinski definition) is 1. The molecule has 2 nitrogen and oxygen atoms in total. The summed E-state index contributed by atoms with van der Waals surface area (Å²) >= 11 is 0. The van der Waals surface area contributed by atoms with Crippen molar-refractivity contribution in [3.8, 4) is 11.4 Å². The minimum absolute atomic E-state index is 1.06. The summed E-state index contributed by atoms with van der Waals surface area (Å²) < 4.78 is 2.06. The monoisotopic (exact) mass is 196 g/mol. The van der Waals surface area contributed by atoms with Gasteiger partial charge < -0.3 is 4.57 Å². The lowest BCUT2D eigenvalue weighted by Gasteiger charge is -2.03. The molecule has 1 aromatic rings. The molecular formula is C13H12N2. The summed E-state index contributed by atoms with van der Waals surface area (Å²) in [5.74, 6) is 1.06. The van der Waals surface area contributed by atoms with Gasteiger partial charge in [-0.3, -0.25) is 0 Å². The van der Waals surface area contributed by atoms with Crippen molar-refractivity contribution in [3.63, 3.8) is 0 Å². The van der Waals surface area contributed by atoms with Crippen molar-refractivity contribution in [1.82, 2.24) is 9.55 Å². The fraction of sp³-hybridized carbons (Fsp3) is 0.154. The van der Waals surface area contributed by atoms with Gasteiger partial charge in [-0.05, 0) is 24.6 Å². The van der Waals surface area contributed by atoms with E-state index in [0.29, 0.717) is 0 Å². The lowest BCUT2D eigenvalue weighted by atomic mass is 10.1. The van der Waals surface area contributed by atoms with Gasteiger partial charge in [0.2, 0.25) is 0 Å². The zero-order chi connectivity index (χ0) is 10.4. The average Bonchev–Trinajstić information content (AvgIpc) is 2.60. The molecule has 0 aliphatic carbocycles. The Morgan fingerprint density at radius 3 is 2.87 bits per heavy atom. The first-order chi connectivity index (χ1) is 7.27. The van der Waals surface area contributed by atoms with Crippen LogP contribution in [0.1, 0.15) is 5.56 Å². The fourth-order valence-corrected chi connectivity index (χ4v) is 2.08. The average molecular weight is 196 g/mol. The first-order valence-corrected chi connectivity index (χ1v) is 5.08. The number of aromatic nitrogens is 2. The molecule has 0 amide bonds. The van der Waals surface area contributed by atoms with Gasteiger partial charge in [-0.1, -0.05) is 18.2 Å². The Morgan fingerprint density at radius 1 is 1.13 bits per heavy atom. The smallest absolute Gasteiger partial charge is 0.140 e. The molecule has 15 heavy (non-hydrogen) atoms. The second kappa shape index (κ2) is 2.83. The van der Waals surface area contributed by atoms with Crippen LogP contribution in [-0.2, 0) is 7.05 Å². The van der Waals surface area contributed by atoms with E-state index in [2.05, 4.69) is 46.8 Å². The van der Waals surface area contributed by atoms with Crippen molar-refractivity contribution < 1.29 is 0 Å². The van der Waals surface area contributed by atoms with E-state index in [0.717, 1.165) is 11.3 Å². The standard InChI is InChI=1S/C13H12N2/c1-9-5-3-6-10-11-7-4-8-15(2)13(11)14-12(9)10/h3-8H,1-2H3. The number of para-hydroxylation sites is 1. The van der Waals surface area contributed by atoms with Crippen LogP contribution >= 0.6 is 0 Å². The van der Waals surface area contributed by atoms with Gasteiger partial charge in [0.05, 0.1) is 5.52 Å². The van der Waals surface area contributed by atoms with Crippen LogP contribution < -0.4 is 0 Å². The van der Waals surface area contributed by atoms with E-state index in [1.165, 1.54) is 16.5 Å². The van der Waals surface area contributed by atoms with E-state index < -0.39 is 0 Å². The molecule has 0 atom stereocenters. The summed E-state index contributed by atoms with van der Waals surface area (Å²) in [5, 5.41) is 1.25. The zero-order valence-electron chi connectivity index (χ0n) is 8.86. The molecule has 2 heterocycles. The van der Waals surface area contributed by atoms with Gasteiger partial charge in [0.1, 0.15) is 5.82 Å². The maximum absolute atomic E-state index is 4.68. The molecule has 0 N–H and O–H groups in total. The lowest BCUT2D eigenvalue weighted by molar-refractivity contribution is 0.893. The number of fused-ring (bicyclic) bond motifs is 3. The third kappa shape index (κ3) is 1.08. The Hall–Kier alpha value is -1.83. The van der Waals surface area contributed by atoms with Crippen molar-refractivity contribution in [2.45, 2.75) is 6.92 Å². The molecule has 1 aromatic carbocycles. The van der Waals surface area contributed by atoms with Crippen molar-refractivity contribution >= 4 is 10.9 Å². The summed E-state index contributed by atoms with van der Waals surface area (Å²) in [7, 11) is 2.03. The number of hydrogen-bond donors (Lipinski definition) is 0. The maximum Gasteiger partial charge on any atom is 0.140 e. The largest absolute Gasteiger partial charge is 0.336 e. The van der Waals surface area contributed by atoms with Crippen molar-refractivity contribution in [1.29, 1.82) is 0 Å². The van der Waals surface area contributed by atoms with E-state index >= 15 is 0 Å². The Balaban J connectivity index is 2.56. The maximum atomic E-state index is 4.68. The molecule has 2 heteroatoms. The molecule has 2 aliphatic rings. The van der Waals surface area contributed by atoms with Gasteiger partial charge in [-0.2, -0.15) is 0 Å². The number of aryl methyl sites for hydroxylation is 2. The highest BCUT2D eigenvalue weighted by molar-refractivity contribution is 5.97. The highest BCUT2D eigenvalue weighted by atomic mass is 15.0. The fourth-order valence-electron chi connectivity index (χ4n) is 2.08.